The third-order valence-corrected chi connectivity index (χ3v) is 6.59. The molecule has 3 rings (SSSR count). The predicted octanol–water partition coefficient (Wildman–Crippen LogP) is 3.08. The lowest BCUT2D eigenvalue weighted by molar-refractivity contribution is -0.158. The van der Waals surface area contributed by atoms with Crippen LogP contribution >= 0.6 is 34.7 Å². The van der Waals surface area contributed by atoms with Crippen LogP contribution in [-0.4, -0.2) is 51.3 Å². The molecule has 1 aromatic heterocycles. The minimum absolute atomic E-state index is 0.207. The molecule has 2 aliphatic heterocycles. The van der Waals surface area contributed by atoms with Crippen LogP contribution in [0.25, 0.3) is 0 Å². The van der Waals surface area contributed by atoms with E-state index in [2.05, 4.69) is 5.32 Å². The van der Waals surface area contributed by atoms with Crippen LogP contribution in [0.4, 0.5) is 0 Å². The summed E-state index contributed by atoms with van der Waals surface area (Å²) in [6.45, 7) is 5.33. The number of fused-ring (bicyclic) bond motifs is 1. The van der Waals surface area contributed by atoms with Gasteiger partial charge < -0.3 is 10.1 Å². The Morgan fingerprint density at radius 3 is 2.79 bits per heavy atom. The molecule has 2 amide bonds. The Hall–Kier alpha value is -1.77. The summed E-state index contributed by atoms with van der Waals surface area (Å²) in [7, 11) is 0. The molecule has 156 valence electrons. The Balaban J connectivity index is 1.77. The third kappa shape index (κ3) is 5.05. The lowest BCUT2D eigenvalue weighted by atomic mass is 10.0. The number of nitrogens with zero attached hydrogens (tertiary/aromatic N) is 1. The van der Waals surface area contributed by atoms with E-state index in [0.717, 1.165) is 4.88 Å². The largest absolute Gasteiger partial charge is 0.455 e. The number of hydrogen-bond acceptors (Lipinski definition) is 6. The van der Waals surface area contributed by atoms with E-state index in [1.165, 1.54) is 28.0 Å². The first-order valence-electron chi connectivity index (χ1n) is 9.16. The fourth-order valence-electron chi connectivity index (χ4n) is 3.07. The van der Waals surface area contributed by atoms with Gasteiger partial charge in [-0.15, -0.1) is 34.7 Å². The van der Waals surface area contributed by atoms with Crippen LogP contribution in [0, 0.1) is 0 Å². The number of carbonyl (C=O) groups excluding carboxylic acids is 3. The summed E-state index contributed by atoms with van der Waals surface area (Å²) in [5, 5.41) is 4.39. The van der Waals surface area contributed by atoms with Crippen molar-refractivity contribution in [2.24, 2.45) is 0 Å². The number of thiophene rings is 1. The van der Waals surface area contributed by atoms with Gasteiger partial charge in [0.15, 0.2) is 0 Å². The molecule has 0 aromatic carbocycles. The van der Waals surface area contributed by atoms with Crippen molar-refractivity contribution in [3.05, 3.63) is 45.8 Å². The smallest absolute Gasteiger partial charge is 0.355 e. The van der Waals surface area contributed by atoms with E-state index < -0.39 is 17.6 Å². The Bertz CT molecular complexity index is 858. The minimum atomic E-state index is -0.687. The van der Waals surface area contributed by atoms with Crippen LogP contribution in [0.15, 0.2) is 40.9 Å². The van der Waals surface area contributed by atoms with Gasteiger partial charge in [-0.25, -0.2) is 4.79 Å². The zero-order valence-corrected chi connectivity index (χ0v) is 18.8. The van der Waals surface area contributed by atoms with E-state index in [1.807, 2.05) is 17.5 Å². The average Bonchev–Trinajstić information content (AvgIpc) is 3.15. The molecule has 9 heteroatoms. The second kappa shape index (κ2) is 8.93. The molecule has 1 saturated heterocycles. The Morgan fingerprint density at radius 2 is 2.17 bits per heavy atom. The quantitative estimate of drug-likeness (QED) is 0.406. The predicted molar refractivity (Wildman–Crippen MR) is 116 cm³/mol. The molecule has 2 atom stereocenters. The van der Waals surface area contributed by atoms with Crippen LogP contribution in [0.5, 0.6) is 0 Å². The summed E-state index contributed by atoms with van der Waals surface area (Å²) in [5.41, 5.74) is 0.241. The first-order chi connectivity index (χ1) is 13.7. The number of thioether (sulfide) groups is 1. The summed E-state index contributed by atoms with van der Waals surface area (Å²) >= 11 is 8.74. The van der Waals surface area contributed by atoms with E-state index in [9.17, 15) is 14.4 Å². The van der Waals surface area contributed by atoms with Crippen molar-refractivity contribution in [2.45, 2.75) is 44.2 Å². The number of hydrogen-bond donors (Lipinski definition) is 1. The zero-order chi connectivity index (χ0) is 21.2. The highest BCUT2D eigenvalue weighted by Crippen LogP contribution is 2.41. The number of rotatable bonds is 6. The Kier molecular flexibility index (Phi) is 6.76. The van der Waals surface area contributed by atoms with E-state index in [0.29, 0.717) is 17.2 Å². The molecule has 1 N–H and O–H groups in total. The molecule has 0 aliphatic carbocycles. The topological polar surface area (TPSA) is 75.7 Å². The number of nitrogens with one attached hydrogen (secondary N) is 1. The summed E-state index contributed by atoms with van der Waals surface area (Å²) in [6, 6.07) is 3.12. The monoisotopic (exact) mass is 454 g/mol. The summed E-state index contributed by atoms with van der Waals surface area (Å²) in [6.07, 6.45) is 3.72. The van der Waals surface area contributed by atoms with Gasteiger partial charge in [0.1, 0.15) is 22.7 Å². The minimum Gasteiger partial charge on any atom is -0.455 e. The van der Waals surface area contributed by atoms with Gasteiger partial charge in [0.2, 0.25) is 5.91 Å². The lowest BCUT2D eigenvalue weighted by Gasteiger charge is -2.49. The van der Waals surface area contributed by atoms with E-state index in [-0.39, 0.29) is 29.3 Å². The fourth-order valence-corrected chi connectivity index (χ4v) is 5.18. The number of esters is 1. The lowest BCUT2D eigenvalue weighted by Crippen LogP contribution is -2.70. The molecule has 1 aromatic rings. The van der Waals surface area contributed by atoms with Crippen molar-refractivity contribution < 1.29 is 19.1 Å². The highest BCUT2D eigenvalue weighted by molar-refractivity contribution is 8.00. The Morgan fingerprint density at radius 1 is 1.41 bits per heavy atom. The Labute approximate surface area is 183 Å². The van der Waals surface area contributed by atoms with Crippen molar-refractivity contribution >= 4 is 52.5 Å². The number of β-lactam (4-membered cyclic amide) rings is 1. The van der Waals surface area contributed by atoms with Crippen molar-refractivity contribution in [3.8, 4) is 0 Å². The standard InChI is InChI=1S/C20H23ClN2O4S2/c1-20(2,3)27-19(26)16-12(6-4-8-21)11-29-18-15(17(25)23(16)18)22-14(24)10-13-7-5-9-28-13/h4-7,9,15,18H,8,10-11H2,1-3H3,(H,22,24)/b6-4+/t15-,18+/m1/s1. The summed E-state index contributed by atoms with van der Waals surface area (Å²) < 4.78 is 5.52. The number of allylic oxidation sites excluding steroid dienone is 2. The molecule has 6 nitrogen and oxygen atoms in total. The van der Waals surface area contributed by atoms with Crippen LogP contribution < -0.4 is 5.32 Å². The summed E-state index contributed by atoms with van der Waals surface area (Å²) in [4.78, 5) is 40.4. The van der Waals surface area contributed by atoms with Gasteiger partial charge in [0, 0.05) is 16.5 Å². The molecule has 0 saturated carbocycles. The normalized spacial score (nSPS) is 21.8. The van der Waals surface area contributed by atoms with Gasteiger partial charge in [0.05, 0.1) is 6.42 Å². The molecule has 0 radical (unpaired) electrons. The van der Waals surface area contributed by atoms with E-state index >= 15 is 0 Å². The van der Waals surface area contributed by atoms with Crippen LogP contribution in [0.1, 0.15) is 25.6 Å². The number of halogens is 1. The molecule has 0 unspecified atom stereocenters. The molecule has 0 bridgehead atoms. The zero-order valence-electron chi connectivity index (χ0n) is 16.4. The van der Waals surface area contributed by atoms with Gasteiger partial charge in [-0.2, -0.15) is 0 Å². The molecule has 2 aliphatic rings. The van der Waals surface area contributed by atoms with Gasteiger partial charge >= 0.3 is 5.97 Å². The first-order valence-corrected chi connectivity index (χ1v) is 11.6. The SMILES string of the molecule is CC(C)(C)OC(=O)C1=C(/C=C/CCl)CS[C@H]2[C@H](NC(=O)Cc3cccs3)C(=O)N12. The highest BCUT2D eigenvalue weighted by Gasteiger charge is 2.54. The average molecular weight is 455 g/mol. The number of alkyl halides is 1. The second-order valence-electron chi connectivity index (χ2n) is 7.64. The maximum atomic E-state index is 12.8. The maximum absolute atomic E-state index is 12.8. The fraction of sp³-hybridized carbons (Fsp3) is 0.450. The molecule has 0 spiro atoms. The van der Waals surface area contributed by atoms with Crippen molar-refractivity contribution in [1.29, 1.82) is 0 Å². The molecule has 3 heterocycles. The highest BCUT2D eigenvalue weighted by atomic mass is 35.5. The van der Waals surface area contributed by atoms with E-state index in [1.54, 1.807) is 32.9 Å². The van der Waals surface area contributed by atoms with Gasteiger partial charge in [-0.3, -0.25) is 14.5 Å². The van der Waals surface area contributed by atoms with E-state index in [4.69, 9.17) is 16.3 Å². The van der Waals surface area contributed by atoms with Gasteiger partial charge in [-0.05, 0) is 37.8 Å². The van der Waals surface area contributed by atoms with Crippen molar-refractivity contribution in [1.82, 2.24) is 10.2 Å². The number of carbonyl (C=O) groups is 3. The maximum Gasteiger partial charge on any atom is 0.355 e. The molecule has 29 heavy (non-hydrogen) atoms. The molecule has 1 fully saturated rings. The van der Waals surface area contributed by atoms with Crippen LogP contribution in [-0.2, 0) is 25.5 Å². The second-order valence-corrected chi connectivity index (χ2v) is 10.1. The molecular weight excluding hydrogens is 432 g/mol. The van der Waals surface area contributed by atoms with Gasteiger partial charge in [-0.1, -0.05) is 18.2 Å². The van der Waals surface area contributed by atoms with Gasteiger partial charge in [0.25, 0.3) is 5.91 Å². The third-order valence-electron chi connectivity index (χ3n) is 4.23. The molecular formula is C20H23ClN2O4S2. The first kappa shape index (κ1) is 21.9. The summed E-state index contributed by atoms with van der Waals surface area (Å²) in [5.74, 6) is -0.239. The van der Waals surface area contributed by atoms with Crippen molar-refractivity contribution in [3.63, 3.8) is 0 Å². The number of amides is 2. The van der Waals surface area contributed by atoms with Crippen LogP contribution in [0.3, 0.4) is 0 Å². The number of ether oxygens (including phenoxy) is 1. The van der Waals surface area contributed by atoms with Crippen LogP contribution in [0.2, 0.25) is 0 Å². The van der Waals surface area contributed by atoms with Crippen molar-refractivity contribution in [2.75, 3.05) is 11.6 Å².